The highest BCUT2D eigenvalue weighted by atomic mass is 16.5. The molecule has 0 radical (unpaired) electrons. The maximum absolute atomic E-state index is 13.2. The van der Waals surface area contributed by atoms with E-state index < -0.39 is 0 Å². The zero-order chi connectivity index (χ0) is 34.1. The SMILES string of the molecule is CC1=CC[C@]2(COC(=O)c3ccccc3)CC[C@]3(C)[C@H](CC[C@@H]4[C@@]5(C)CC[C@H](OC(=O)c6ccccc6)C(C)(C)[C@@H]5CC[C@]43C)[C@H]2[C@@H]1C. The smallest absolute Gasteiger partial charge is 0.338 e. The summed E-state index contributed by atoms with van der Waals surface area (Å²) in [6.07, 6.45) is 12.7. The van der Waals surface area contributed by atoms with Gasteiger partial charge in [0.1, 0.15) is 6.10 Å². The van der Waals surface area contributed by atoms with Crippen LogP contribution in [0.5, 0.6) is 0 Å². The van der Waals surface area contributed by atoms with Crippen LogP contribution in [-0.2, 0) is 9.47 Å². The Balaban J connectivity index is 1.15. The van der Waals surface area contributed by atoms with E-state index in [1.54, 1.807) is 0 Å². The number of ether oxygens (including phenoxy) is 2. The first kappa shape index (κ1) is 33.6. The molecule has 48 heavy (non-hydrogen) atoms. The van der Waals surface area contributed by atoms with Crippen molar-refractivity contribution < 1.29 is 19.1 Å². The van der Waals surface area contributed by atoms with Crippen molar-refractivity contribution in [3.63, 3.8) is 0 Å². The van der Waals surface area contributed by atoms with Gasteiger partial charge in [0, 0.05) is 10.8 Å². The molecule has 10 atom stereocenters. The number of carbonyl (C=O) groups is 2. The van der Waals surface area contributed by atoms with E-state index >= 15 is 0 Å². The summed E-state index contributed by atoms with van der Waals surface area (Å²) in [6, 6.07) is 19.0. The topological polar surface area (TPSA) is 52.6 Å². The molecule has 2 aromatic carbocycles. The number of esters is 2. The molecule has 0 spiro atoms. The van der Waals surface area contributed by atoms with E-state index in [-0.39, 0.29) is 45.1 Å². The Hall–Kier alpha value is -2.88. The van der Waals surface area contributed by atoms with E-state index in [2.05, 4.69) is 54.5 Å². The third kappa shape index (κ3) is 4.97. The van der Waals surface area contributed by atoms with E-state index in [1.807, 2.05) is 60.7 Å². The number of carbonyl (C=O) groups excluding carboxylic acids is 2. The molecule has 2 aromatic rings. The van der Waals surface area contributed by atoms with Crippen molar-refractivity contribution in [3.05, 3.63) is 83.4 Å². The highest BCUT2D eigenvalue weighted by Crippen LogP contribution is 2.77. The average molecular weight is 651 g/mol. The summed E-state index contributed by atoms with van der Waals surface area (Å²) < 4.78 is 12.6. The Kier molecular flexibility index (Phi) is 8.31. The van der Waals surface area contributed by atoms with Crippen molar-refractivity contribution in [3.8, 4) is 0 Å². The van der Waals surface area contributed by atoms with Gasteiger partial charge in [-0.05, 0) is 135 Å². The third-order valence-electron chi connectivity index (χ3n) is 16.0. The maximum Gasteiger partial charge on any atom is 0.338 e. The van der Waals surface area contributed by atoms with Crippen molar-refractivity contribution in [2.45, 2.75) is 112 Å². The van der Waals surface area contributed by atoms with Crippen LogP contribution in [0.15, 0.2) is 72.3 Å². The lowest BCUT2D eigenvalue weighted by molar-refractivity contribution is -0.253. The first-order valence-corrected chi connectivity index (χ1v) is 18.9. The molecule has 4 heteroatoms. The molecule has 0 aliphatic heterocycles. The van der Waals surface area contributed by atoms with Gasteiger partial charge in [0.25, 0.3) is 0 Å². The molecule has 0 amide bonds. The summed E-state index contributed by atoms with van der Waals surface area (Å²) in [5.41, 5.74) is 3.42. The lowest BCUT2D eigenvalue weighted by Crippen LogP contribution is -2.67. The van der Waals surface area contributed by atoms with Gasteiger partial charge in [-0.2, -0.15) is 0 Å². The predicted molar refractivity (Wildman–Crippen MR) is 191 cm³/mol. The van der Waals surface area contributed by atoms with Gasteiger partial charge in [0.2, 0.25) is 0 Å². The zero-order valence-corrected chi connectivity index (χ0v) is 30.5. The number of rotatable bonds is 5. The van der Waals surface area contributed by atoms with Crippen LogP contribution in [0.3, 0.4) is 0 Å². The molecule has 7 rings (SSSR count). The minimum absolute atomic E-state index is 0.000521. The summed E-state index contributed by atoms with van der Waals surface area (Å²) in [5, 5.41) is 0. The summed E-state index contributed by atoms with van der Waals surface area (Å²) in [7, 11) is 0. The Morgan fingerprint density at radius 1 is 0.729 bits per heavy atom. The van der Waals surface area contributed by atoms with Crippen LogP contribution in [0.1, 0.15) is 127 Å². The molecule has 0 heterocycles. The second kappa shape index (κ2) is 11.9. The summed E-state index contributed by atoms with van der Waals surface area (Å²) in [4.78, 5) is 26.4. The molecule has 4 saturated carbocycles. The molecular weight excluding hydrogens is 592 g/mol. The standard InChI is InChI=1S/C44H58O4/c1-29-20-25-44(28-47-38(45)31-14-10-8-11-15-31)27-26-42(6)33(37(44)30(29)2)18-19-35-41(5)23-22-36(48-39(46)32-16-12-9-13-17-32)40(3,4)34(41)21-24-43(35,42)7/h8-17,20,30,33-37H,18-19,21-28H2,1-7H3/t30-,33-,34+,35-,36+,37-,41+,42-,43-,44-/m1/s1. The quantitative estimate of drug-likeness (QED) is 0.239. The van der Waals surface area contributed by atoms with Gasteiger partial charge < -0.3 is 9.47 Å². The molecule has 258 valence electrons. The molecule has 0 aromatic heterocycles. The highest BCUT2D eigenvalue weighted by molar-refractivity contribution is 5.89. The largest absolute Gasteiger partial charge is 0.461 e. The van der Waals surface area contributed by atoms with E-state index in [1.165, 1.54) is 37.7 Å². The van der Waals surface area contributed by atoms with E-state index in [4.69, 9.17) is 9.47 Å². The summed E-state index contributed by atoms with van der Waals surface area (Å²) in [6.45, 7) is 18.1. The molecule has 0 bridgehead atoms. The fourth-order valence-electron chi connectivity index (χ4n) is 13.1. The Morgan fingerprint density at radius 2 is 1.38 bits per heavy atom. The van der Waals surface area contributed by atoms with Crippen molar-refractivity contribution in [1.82, 2.24) is 0 Å². The van der Waals surface area contributed by atoms with Gasteiger partial charge in [0.05, 0.1) is 17.7 Å². The highest BCUT2D eigenvalue weighted by Gasteiger charge is 2.70. The molecule has 5 aliphatic carbocycles. The number of hydrogen-bond acceptors (Lipinski definition) is 4. The second-order valence-corrected chi connectivity index (χ2v) is 18.1. The minimum Gasteiger partial charge on any atom is -0.461 e. The first-order valence-electron chi connectivity index (χ1n) is 18.9. The van der Waals surface area contributed by atoms with Crippen molar-refractivity contribution in [2.75, 3.05) is 6.61 Å². The van der Waals surface area contributed by atoms with Crippen molar-refractivity contribution >= 4 is 11.9 Å². The van der Waals surface area contributed by atoms with Crippen LogP contribution in [0.4, 0.5) is 0 Å². The van der Waals surface area contributed by atoms with Gasteiger partial charge >= 0.3 is 11.9 Å². The molecule has 4 fully saturated rings. The van der Waals surface area contributed by atoms with Gasteiger partial charge in [0.15, 0.2) is 0 Å². The van der Waals surface area contributed by atoms with Crippen LogP contribution >= 0.6 is 0 Å². The Morgan fingerprint density at radius 3 is 2.04 bits per heavy atom. The lowest BCUT2D eigenvalue weighted by atomic mass is 9.31. The minimum atomic E-state index is -0.189. The molecule has 0 saturated heterocycles. The lowest BCUT2D eigenvalue weighted by Gasteiger charge is -2.73. The second-order valence-electron chi connectivity index (χ2n) is 18.1. The van der Waals surface area contributed by atoms with Gasteiger partial charge in [-0.3, -0.25) is 0 Å². The fraction of sp³-hybridized carbons (Fsp3) is 0.636. The number of fused-ring (bicyclic) bond motifs is 7. The maximum atomic E-state index is 13.2. The van der Waals surface area contributed by atoms with Gasteiger partial charge in [-0.25, -0.2) is 9.59 Å². The van der Waals surface area contributed by atoms with Crippen LogP contribution in [0.25, 0.3) is 0 Å². The number of allylic oxidation sites excluding steroid dienone is 2. The summed E-state index contributed by atoms with van der Waals surface area (Å²) in [5.74, 6) is 2.40. The van der Waals surface area contributed by atoms with Crippen molar-refractivity contribution in [2.24, 2.45) is 56.7 Å². The molecule has 5 aliphatic rings. The van der Waals surface area contributed by atoms with Crippen LogP contribution in [0, 0.1) is 56.7 Å². The van der Waals surface area contributed by atoms with Crippen LogP contribution in [0.2, 0.25) is 0 Å². The van der Waals surface area contributed by atoms with Crippen molar-refractivity contribution in [1.29, 1.82) is 0 Å². The first-order chi connectivity index (χ1) is 22.8. The van der Waals surface area contributed by atoms with E-state index in [0.29, 0.717) is 47.3 Å². The molecule has 4 nitrogen and oxygen atoms in total. The van der Waals surface area contributed by atoms with Gasteiger partial charge in [-0.15, -0.1) is 0 Å². The average Bonchev–Trinajstić information content (AvgIpc) is 3.08. The van der Waals surface area contributed by atoms with E-state index in [0.717, 1.165) is 25.7 Å². The fourth-order valence-corrected chi connectivity index (χ4v) is 13.1. The predicted octanol–water partition coefficient (Wildman–Crippen LogP) is 10.7. The molecule has 0 unspecified atom stereocenters. The zero-order valence-electron chi connectivity index (χ0n) is 30.5. The van der Waals surface area contributed by atoms with E-state index in [9.17, 15) is 9.59 Å². The number of benzene rings is 2. The molecular formula is C44H58O4. The molecule has 0 N–H and O–H groups in total. The Labute approximate surface area is 289 Å². The third-order valence-corrected chi connectivity index (χ3v) is 16.0. The normalized spacial score (nSPS) is 41.4. The van der Waals surface area contributed by atoms with Gasteiger partial charge in [-0.1, -0.05) is 89.6 Å². The monoisotopic (exact) mass is 650 g/mol. The van der Waals surface area contributed by atoms with Crippen LogP contribution in [-0.4, -0.2) is 24.6 Å². The summed E-state index contributed by atoms with van der Waals surface area (Å²) >= 11 is 0. The van der Waals surface area contributed by atoms with Crippen LogP contribution < -0.4 is 0 Å². The Bertz CT molecular complexity index is 1560. The number of hydrogen-bond donors (Lipinski definition) is 0.